The number of benzene rings is 2. The molecule has 2 aromatic carbocycles. The summed E-state index contributed by atoms with van der Waals surface area (Å²) in [7, 11) is 0. The largest absolute Gasteiger partial charge is 0.478 e. The van der Waals surface area contributed by atoms with Gasteiger partial charge in [0.15, 0.2) is 18.3 Å². The Kier molecular flexibility index (Phi) is 4.01. The van der Waals surface area contributed by atoms with E-state index in [9.17, 15) is 0 Å². The van der Waals surface area contributed by atoms with Gasteiger partial charge in [0, 0.05) is 21.6 Å². The fourth-order valence-electron chi connectivity index (χ4n) is 2.57. The van der Waals surface area contributed by atoms with Gasteiger partial charge in [-0.25, -0.2) is 4.98 Å². The van der Waals surface area contributed by atoms with E-state index in [0.29, 0.717) is 5.76 Å². The molecule has 0 fully saturated rings. The lowest BCUT2D eigenvalue weighted by Gasteiger charge is -2.17. The number of ether oxygens (including phenoxy) is 1. The number of aromatic nitrogens is 2. The highest BCUT2D eigenvalue weighted by Crippen LogP contribution is 2.30. The zero-order valence-corrected chi connectivity index (χ0v) is 14.2. The molecule has 0 radical (unpaired) electrons. The first-order valence-corrected chi connectivity index (χ1v) is 8.24. The van der Waals surface area contributed by atoms with Crippen LogP contribution in [-0.2, 0) is 0 Å². The molecule has 0 aliphatic rings. The smallest absolute Gasteiger partial charge is 0.183 e. The van der Waals surface area contributed by atoms with Crippen molar-refractivity contribution in [3.05, 3.63) is 89.2 Å². The van der Waals surface area contributed by atoms with E-state index in [4.69, 9.17) is 9.15 Å². The van der Waals surface area contributed by atoms with Crippen molar-refractivity contribution in [3.8, 4) is 5.75 Å². The van der Waals surface area contributed by atoms with Crippen molar-refractivity contribution in [3.63, 3.8) is 0 Å². The zero-order valence-electron chi connectivity index (χ0n) is 12.6. The van der Waals surface area contributed by atoms with E-state index in [1.165, 1.54) is 6.39 Å². The molecule has 1 atom stereocenters. The first-order chi connectivity index (χ1) is 11.8. The average Bonchev–Trinajstić information content (AvgIpc) is 3.14. The molecule has 1 unspecified atom stereocenters. The average molecular weight is 381 g/mol. The summed E-state index contributed by atoms with van der Waals surface area (Å²) < 4.78 is 12.6. The van der Waals surface area contributed by atoms with Crippen LogP contribution in [0.25, 0.3) is 10.9 Å². The maximum atomic E-state index is 6.22. The minimum absolute atomic E-state index is 0.355. The Morgan fingerprint density at radius 3 is 2.67 bits per heavy atom. The Labute approximate surface area is 147 Å². The SMILES string of the molecule is Brc1cnc2ccc(OC(c3ccccc3)c3cnco3)cc2c1. The second-order valence-corrected chi connectivity index (χ2v) is 6.24. The first-order valence-electron chi connectivity index (χ1n) is 7.45. The van der Waals surface area contributed by atoms with Crippen LogP contribution in [0.15, 0.2) is 82.3 Å². The summed E-state index contributed by atoms with van der Waals surface area (Å²) in [6, 6.07) is 17.8. The lowest BCUT2D eigenvalue weighted by Crippen LogP contribution is -2.08. The molecule has 0 bridgehead atoms. The van der Waals surface area contributed by atoms with Crippen molar-refractivity contribution in [2.24, 2.45) is 0 Å². The van der Waals surface area contributed by atoms with E-state index < -0.39 is 0 Å². The standard InChI is InChI=1S/C19H13BrN2O2/c20-15-8-14-9-16(6-7-17(14)22-10-15)24-19(18-11-21-12-23-18)13-4-2-1-3-5-13/h1-12,19H. The molecule has 2 aromatic heterocycles. The third kappa shape index (κ3) is 3.03. The van der Waals surface area contributed by atoms with Gasteiger partial charge in [0.05, 0.1) is 11.7 Å². The summed E-state index contributed by atoms with van der Waals surface area (Å²) in [5.41, 5.74) is 1.92. The Hall–Kier alpha value is -2.66. The van der Waals surface area contributed by atoms with Crippen LogP contribution in [0.2, 0.25) is 0 Å². The summed E-state index contributed by atoms with van der Waals surface area (Å²) in [5, 5.41) is 1.01. The van der Waals surface area contributed by atoms with Gasteiger partial charge in [-0.2, -0.15) is 0 Å². The molecule has 0 N–H and O–H groups in total. The van der Waals surface area contributed by atoms with Crippen LogP contribution < -0.4 is 4.74 Å². The number of hydrogen-bond donors (Lipinski definition) is 0. The number of pyridine rings is 1. The number of fused-ring (bicyclic) bond motifs is 1. The fourth-order valence-corrected chi connectivity index (χ4v) is 2.91. The van der Waals surface area contributed by atoms with Crippen molar-refractivity contribution < 1.29 is 9.15 Å². The third-order valence-corrected chi connectivity index (χ3v) is 4.12. The highest BCUT2D eigenvalue weighted by atomic mass is 79.9. The van der Waals surface area contributed by atoms with Crippen LogP contribution in [0.1, 0.15) is 17.4 Å². The minimum Gasteiger partial charge on any atom is -0.478 e. The van der Waals surface area contributed by atoms with Crippen molar-refractivity contribution in [2.45, 2.75) is 6.10 Å². The molecule has 0 amide bonds. The molecule has 0 saturated carbocycles. The molecule has 4 aromatic rings. The van der Waals surface area contributed by atoms with Crippen LogP contribution >= 0.6 is 15.9 Å². The van der Waals surface area contributed by atoms with Crippen LogP contribution in [0.3, 0.4) is 0 Å². The number of hydrogen-bond acceptors (Lipinski definition) is 4. The predicted octanol–water partition coefficient (Wildman–Crippen LogP) is 5.15. The quantitative estimate of drug-likeness (QED) is 0.490. The molecule has 24 heavy (non-hydrogen) atoms. The molecule has 4 nitrogen and oxygen atoms in total. The maximum Gasteiger partial charge on any atom is 0.183 e. The second kappa shape index (κ2) is 6.45. The van der Waals surface area contributed by atoms with E-state index in [2.05, 4.69) is 25.9 Å². The summed E-state index contributed by atoms with van der Waals surface area (Å²) in [4.78, 5) is 8.39. The zero-order chi connectivity index (χ0) is 16.4. The van der Waals surface area contributed by atoms with Crippen LogP contribution in [0.4, 0.5) is 0 Å². The third-order valence-electron chi connectivity index (χ3n) is 3.69. The molecule has 2 heterocycles. The molecule has 118 valence electrons. The Morgan fingerprint density at radius 2 is 1.88 bits per heavy atom. The van der Waals surface area contributed by atoms with Crippen LogP contribution in [-0.4, -0.2) is 9.97 Å². The molecule has 0 saturated heterocycles. The Balaban J connectivity index is 1.72. The summed E-state index contributed by atoms with van der Waals surface area (Å²) in [5.74, 6) is 1.40. The van der Waals surface area contributed by atoms with Crippen molar-refractivity contribution >= 4 is 26.8 Å². The number of halogens is 1. The highest BCUT2D eigenvalue weighted by molar-refractivity contribution is 9.10. The highest BCUT2D eigenvalue weighted by Gasteiger charge is 2.19. The van der Waals surface area contributed by atoms with Gasteiger partial charge in [-0.05, 0) is 40.2 Å². The first kappa shape index (κ1) is 14.9. The van der Waals surface area contributed by atoms with E-state index in [1.807, 2.05) is 54.6 Å². The second-order valence-electron chi connectivity index (χ2n) is 5.32. The predicted molar refractivity (Wildman–Crippen MR) is 94.9 cm³/mol. The number of rotatable bonds is 4. The van der Waals surface area contributed by atoms with E-state index in [-0.39, 0.29) is 6.10 Å². The minimum atomic E-state index is -0.355. The monoisotopic (exact) mass is 380 g/mol. The molecule has 0 aliphatic carbocycles. The van der Waals surface area contributed by atoms with E-state index >= 15 is 0 Å². The van der Waals surface area contributed by atoms with Gasteiger partial charge in [-0.15, -0.1) is 0 Å². The van der Waals surface area contributed by atoms with E-state index in [0.717, 1.165) is 26.7 Å². The van der Waals surface area contributed by atoms with Crippen LogP contribution in [0, 0.1) is 0 Å². The maximum absolute atomic E-state index is 6.22. The van der Waals surface area contributed by atoms with Gasteiger partial charge in [0.1, 0.15) is 5.75 Å². The van der Waals surface area contributed by atoms with E-state index in [1.54, 1.807) is 12.4 Å². The van der Waals surface area contributed by atoms with Gasteiger partial charge in [-0.1, -0.05) is 30.3 Å². The van der Waals surface area contributed by atoms with Gasteiger partial charge >= 0.3 is 0 Å². The van der Waals surface area contributed by atoms with Gasteiger partial charge in [0.25, 0.3) is 0 Å². The number of oxazole rings is 1. The lowest BCUT2D eigenvalue weighted by molar-refractivity contribution is 0.215. The normalized spacial score (nSPS) is 12.2. The molecule has 0 aliphatic heterocycles. The fraction of sp³-hybridized carbons (Fsp3) is 0.0526. The number of nitrogens with zero attached hydrogens (tertiary/aromatic N) is 2. The van der Waals surface area contributed by atoms with Crippen molar-refractivity contribution in [1.82, 2.24) is 9.97 Å². The molecular weight excluding hydrogens is 368 g/mol. The summed E-state index contributed by atoms with van der Waals surface area (Å²) >= 11 is 3.45. The molecule has 0 spiro atoms. The molecule has 5 heteroatoms. The van der Waals surface area contributed by atoms with Gasteiger partial charge in [0.2, 0.25) is 0 Å². The molecular formula is C19H13BrN2O2. The van der Waals surface area contributed by atoms with Crippen molar-refractivity contribution in [2.75, 3.05) is 0 Å². The lowest BCUT2D eigenvalue weighted by atomic mass is 10.1. The summed E-state index contributed by atoms with van der Waals surface area (Å²) in [6.45, 7) is 0. The van der Waals surface area contributed by atoms with Gasteiger partial charge in [-0.3, -0.25) is 4.98 Å². The molecule has 4 rings (SSSR count). The Morgan fingerprint density at radius 1 is 1.00 bits per heavy atom. The van der Waals surface area contributed by atoms with Crippen molar-refractivity contribution in [1.29, 1.82) is 0 Å². The van der Waals surface area contributed by atoms with Crippen LogP contribution in [0.5, 0.6) is 5.75 Å². The topological polar surface area (TPSA) is 48.2 Å². The Bertz CT molecular complexity index is 956. The van der Waals surface area contributed by atoms with Gasteiger partial charge < -0.3 is 9.15 Å². The summed E-state index contributed by atoms with van der Waals surface area (Å²) in [6.07, 6.45) is 4.52.